The van der Waals surface area contributed by atoms with E-state index < -0.39 is 0 Å². The molecule has 0 spiro atoms. The molecule has 2 nitrogen and oxygen atoms in total. The third-order valence-corrected chi connectivity index (χ3v) is 1.72. The molecule has 0 saturated carbocycles. The molecule has 0 unspecified atom stereocenters. The molecule has 0 radical (unpaired) electrons. The summed E-state index contributed by atoms with van der Waals surface area (Å²) in [7, 11) is 0. The Bertz CT molecular complexity index is 251. The average Bonchev–Trinajstić information content (AvgIpc) is 2.15. The maximum Gasteiger partial charge on any atom is 0.0755 e. The first kappa shape index (κ1) is 8.81. The summed E-state index contributed by atoms with van der Waals surface area (Å²) in [5.41, 5.74) is 7.76. The van der Waals surface area contributed by atoms with Gasteiger partial charge in [0.1, 0.15) is 0 Å². The Morgan fingerprint density at radius 3 is 2.25 bits per heavy atom. The molecule has 0 atom stereocenters. The molecule has 1 aromatic carbocycles. The van der Waals surface area contributed by atoms with Crippen LogP contribution < -0.4 is 5.73 Å². The van der Waals surface area contributed by atoms with E-state index in [1.54, 1.807) is 6.08 Å². The van der Waals surface area contributed by atoms with Gasteiger partial charge in [0.2, 0.25) is 0 Å². The van der Waals surface area contributed by atoms with Crippen LogP contribution in [0.3, 0.4) is 0 Å². The lowest BCUT2D eigenvalue weighted by Crippen LogP contribution is -1.95. The van der Waals surface area contributed by atoms with E-state index in [4.69, 9.17) is 10.8 Å². The highest BCUT2D eigenvalue weighted by atomic mass is 16.2. The fourth-order valence-corrected chi connectivity index (χ4v) is 1.00. The first-order valence-electron chi connectivity index (χ1n) is 3.94. The van der Waals surface area contributed by atoms with E-state index in [1.165, 1.54) is 5.56 Å². The van der Waals surface area contributed by atoms with Crippen LogP contribution >= 0.6 is 0 Å². The van der Waals surface area contributed by atoms with Crippen LogP contribution in [-0.4, -0.2) is 5.11 Å². The van der Waals surface area contributed by atoms with Crippen molar-refractivity contribution in [2.45, 2.75) is 13.0 Å². The predicted molar refractivity (Wildman–Crippen MR) is 49.8 cm³/mol. The minimum atomic E-state index is 0.579. The highest BCUT2D eigenvalue weighted by Gasteiger charge is 1.90. The van der Waals surface area contributed by atoms with Gasteiger partial charge in [-0.25, -0.2) is 0 Å². The van der Waals surface area contributed by atoms with Crippen molar-refractivity contribution < 1.29 is 5.11 Å². The van der Waals surface area contributed by atoms with Gasteiger partial charge in [-0.15, -0.1) is 0 Å². The Hall–Kier alpha value is -1.28. The topological polar surface area (TPSA) is 46.2 Å². The van der Waals surface area contributed by atoms with Crippen LogP contribution in [0.1, 0.15) is 11.1 Å². The van der Waals surface area contributed by atoms with Gasteiger partial charge in [0.25, 0.3) is 0 Å². The molecule has 0 bridgehead atoms. The van der Waals surface area contributed by atoms with Gasteiger partial charge in [-0.2, -0.15) is 0 Å². The molecule has 2 heteroatoms. The van der Waals surface area contributed by atoms with Crippen molar-refractivity contribution in [3.63, 3.8) is 0 Å². The molecule has 12 heavy (non-hydrogen) atoms. The summed E-state index contributed by atoms with van der Waals surface area (Å²) in [6.45, 7) is 0.579. The summed E-state index contributed by atoms with van der Waals surface area (Å²) in [6.07, 6.45) is 3.54. The second-order valence-corrected chi connectivity index (χ2v) is 2.61. The first-order chi connectivity index (χ1) is 5.86. The van der Waals surface area contributed by atoms with Crippen LogP contribution in [0.2, 0.25) is 0 Å². The largest absolute Gasteiger partial charge is 0.516 e. The van der Waals surface area contributed by atoms with E-state index >= 15 is 0 Å². The maximum absolute atomic E-state index is 8.43. The summed E-state index contributed by atoms with van der Waals surface area (Å²) in [4.78, 5) is 0. The van der Waals surface area contributed by atoms with Gasteiger partial charge in [-0.3, -0.25) is 0 Å². The summed E-state index contributed by atoms with van der Waals surface area (Å²) < 4.78 is 0. The SMILES string of the molecule is NCc1ccc(CC=CO)cc1. The molecule has 1 rings (SSSR count). The normalized spacial score (nSPS) is 10.8. The summed E-state index contributed by atoms with van der Waals surface area (Å²) in [6, 6.07) is 8.03. The van der Waals surface area contributed by atoms with Gasteiger partial charge in [0.05, 0.1) is 6.26 Å². The lowest BCUT2D eigenvalue weighted by atomic mass is 10.1. The van der Waals surface area contributed by atoms with Crippen molar-refractivity contribution in [3.05, 3.63) is 47.7 Å². The molecule has 0 amide bonds. The smallest absolute Gasteiger partial charge is 0.0755 e. The molecule has 0 saturated heterocycles. The summed E-state index contributed by atoms with van der Waals surface area (Å²) in [5.74, 6) is 0. The van der Waals surface area contributed by atoms with Crippen molar-refractivity contribution in [2.24, 2.45) is 5.73 Å². The zero-order valence-corrected chi connectivity index (χ0v) is 6.90. The van der Waals surface area contributed by atoms with Crippen molar-refractivity contribution in [1.82, 2.24) is 0 Å². The Morgan fingerprint density at radius 1 is 1.17 bits per heavy atom. The summed E-state index contributed by atoms with van der Waals surface area (Å²) in [5, 5.41) is 8.43. The van der Waals surface area contributed by atoms with E-state index in [9.17, 15) is 0 Å². The van der Waals surface area contributed by atoms with Gasteiger partial charge in [0, 0.05) is 6.54 Å². The van der Waals surface area contributed by atoms with Gasteiger partial charge >= 0.3 is 0 Å². The molecule has 1 aromatic rings. The molecule has 0 aliphatic carbocycles. The second-order valence-electron chi connectivity index (χ2n) is 2.61. The Balaban J connectivity index is 2.64. The molecule has 3 N–H and O–H groups in total. The van der Waals surface area contributed by atoms with E-state index in [-0.39, 0.29) is 0 Å². The van der Waals surface area contributed by atoms with Crippen molar-refractivity contribution >= 4 is 0 Å². The zero-order chi connectivity index (χ0) is 8.81. The molecule has 0 aromatic heterocycles. The molecule has 0 fully saturated rings. The van der Waals surface area contributed by atoms with Gasteiger partial charge in [-0.05, 0) is 23.6 Å². The monoisotopic (exact) mass is 163 g/mol. The van der Waals surface area contributed by atoms with E-state index in [0.29, 0.717) is 6.54 Å². The number of rotatable bonds is 3. The van der Waals surface area contributed by atoms with Crippen LogP contribution in [0.5, 0.6) is 0 Å². The highest BCUT2D eigenvalue weighted by molar-refractivity contribution is 5.23. The average molecular weight is 163 g/mol. The minimum absolute atomic E-state index is 0.579. The quantitative estimate of drug-likeness (QED) is 0.667. The maximum atomic E-state index is 8.43. The number of aliphatic hydroxyl groups is 1. The van der Waals surface area contributed by atoms with E-state index in [1.807, 2.05) is 24.3 Å². The summed E-state index contributed by atoms with van der Waals surface area (Å²) >= 11 is 0. The molecule has 0 heterocycles. The molecule has 0 aliphatic heterocycles. The van der Waals surface area contributed by atoms with Gasteiger partial charge < -0.3 is 10.8 Å². The Labute approximate surface area is 72.3 Å². The molecule has 64 valence electrons. The highest BCUT2D eigenvalue weighted by Crippen LogP contribution is 2.04. The number of hydrogen-bond donors (Lipinski definition) is 2. The Morgan fingerprint density at radius 2 is 1.75 bits per heavy atom. The van der Waals surface area contributed by atoms with Gasteiger partial charge in [0.15, 0.2) is 0 Å². The van der Waals surface area contributed by atoms with Crippen molar-refractivity contribution in [2.75, 3.05) is 0 Å². The zero-order valence-electron chi connectivity index (χ0n) is 6.90. The van der Waals surface area contributed by atoms with E-state index in [0.717, 1.165) is 18.2 Å². The number of allylic oxidation sites excluding steroid dienone is 1. The van der Waals surface area contributed by atoms with Gasteiger partial charge in [-0.1, -0.05) is 24.3 Å². The lowest BCUT2D eigenvalue weighted by molar-refractivity contribution is 0.471. The molecular weight excluding hydrogens is 150 g/mol. The standard InChI is InChI=1S/C10H13NO/c11-8-10-5-3-9(4-6-10)2-1-7-12/h1,3-7,12H,2,8,11H2. The van der Waals surface area contributed by atoms with Crippen LogP contribution in [0.25, 0.3) is 0 Å². The molecular formula is C10H13NO. The fraction of sp³-hybridized carbons (Fsp3) is 0.200. The van der Waals surface area contributed by atoms with E-state index in [2.05, 4.69) is 0 Å². The Kier molecular flexibility index (Phi) is 3.35. The third kappa shape index (κ3) is 2.40. The lowest BCUT2D eigenvalue weighted by Gasteiger charge is -1.98. The fourth-order valence-electron chi connectivity index (χ4n) is 1.00. The van der Waals surface area contributed by atoms with Crippen LogP contribution in [0.15, 0.2) is 36.6 Å². The minimum Gasteiger partial charge on any atom is -0.516 e. The third-order valence-electron chi connectivity index (χ3n) is 1.72. The number of hydrogen-bond acceptors (Lipinski definition) is 2. The van der Waals surface area contributed by atoms with Crippen molar-refractivity contribution in [1.29, 1.82) is 0 Å². The van der Waals surface area contributed by atoms with Crippen LogP contribution in [0.4, 0.5) is 0 Å². The second kappa shape index (κ2) is 4.57. The van der Waals surface area contributed by atoms with Crippen LogP contribution in [0, 0.1) is 0 Å². The number of aliphatic hydroxyl groups excluding tert-OH is 1. The first-order valence-corrected chi connectivity index (χ1v) is 3.94. The molecule has 0 aliphatic rings. The number of benzene rings is 1. The number of nitrogens with two attached hydrogens (primary N) is 1. The van der Waals surface area contributed by atoms with Crippen molar-refractivity contribution in [3.8, 4) is 0 Å². The van der Waals surface area contributed by atoms with Crippen LogP contribution in [-0.2, 0) is 13.0 Å². The predicted octanol–water partition coefficient (Wildman–Crippen LogP) is 1.76.